The van der Waals surface area contributed by atoms with Crippen LogP contribution in [0.15, 0.2) is 24.3 Å². The van der Waals surface area contributed by atoms with Crippen molar-refractivity contribution in [1.29, 1.82) is 0 Å². The van der Waals surface area contributed by atoms with Crippen molar-refractivity contribution in [2.75, 3.05) is 0 Å². The minimum atomic E-state index is -1.32. The van der Waals surface area contributed by atoms with Crippen molar-refractivity contribution in [3.8, 4) is 0 Å². The monoisotopic (exact) mass is 154 g/mol. The largest absolute Gasteiger partial charge is 0.408 e. The predicted octanol–water partition coefficient (Wildman–Crippen LogP) is 2.33. The Morgan fingerprint density at radius 3 is 2.00 bits per heavy atom. The van der Waals surface area contributed by atoms with E-state index in [1.54, 1.807) is 0 Å². The second kappa shape index (κ2) is 2.72. The molecule has 0 heterocycles. The molecule has 0 fully saturated rings. The molecule has 1 aliphatic carbocycles. The number of hydrogen-bond donors (Lipinski definition) is 0. The van der Waals surface area contributed by atoms with Crippen LogP contribution in [0.4, 0.5) is 0 Å². The van der Waals surface area contributed by atoms with Crippen molar-refractivity contribution in [2.45, 2.75) is 25.7 Å². The second-order valence-corrected chi connectivity index (χ2v) is 7.93. The molecular formula is C8H14OSi. The van der Waals surface area contributed by atoms with Crippen LogP contribution in [0.1, 0.15) is 0 Å². The van der Waals surface area contributed by atoms with E-state index in [0.717, 1.165) is 0 Å². The molecule has 56 valence electrons. The van der Waals surface area contributed by atoms with Crippen molar-refractivity contribution < 1.29 is 4.43 Å². The topological polar surface area (TPSA) is 9.23 Å². The zero-order valence-corrected chi connectivity index (χ0v) is 7.79. The molecule has 0 saturated carbocycles. The highest BCUT2D eigenvalue weighted by atomic mass is 28.4. The smallest absolute Gasteiger partial charge is 0.184 e. The highest BCUT2D eigenvalue weighted by molar-refractivity contribution is 6.69. The molecule has 10 heavy (non-hydrogen) atoms. The summed E-state index contributed by atoms with van der Waals surface area (Å²) in [7, 11) is -1.32. The van der Waals surface area contributed by atoms with Crippen LogP contribution in [-0.2, 0) is 4.43 Å². The number of hydrogen-bond acceptors (Lipinski definition) is 1. The van der Waals surface area contributed by atoms with Gasteiger partial charge in [-0.15, -0.1) is 0 Å². The Kier molecular flexibility index (Phi) is 2.11. The lowest BCUT2D eigenvalue weighted by Crippen LogP contribution is -2.29. The van der Waals surface area contributed by atoms with Gasteiger partial charge in [0.15, 0.2) is 8.32 Å². The predicted molar refractivity (Wildman–Crippen MR) is 46.5 cm³/mol. The van der Waals surface area contributed by atoms with Gasteiger partial charge in [-0.25, -0.2) is 0 Å². The van der Waals surface area contributed by atoms with Crippen molar-refractivity contribution in [3.63, 3.8) is 0 Å². The maximum Gasteiger partial charge on any atom is 0.184 e. The minimum Gasteiger partial charge on any atom is -0.408 e. The van der Waals surface area contributed by atoms with Crippen LogP contribution in [0.25, 0.3) is 0 Å². The average molecular weight is 154 g/mol. The third kappa shape index (κ3) is 2.50. The molecule has 0 amide bonds. The fourth-order valence-electron chi connectivity index (χ4n) is 0.898. The Balaban J connectivity index is 2.40. The summed E-state index contributed by atoms with van der Waals surface area (Å²) in [6.07, 6.45) is 8.48. The van der Waals surface area contributed by atoms with Gasteiger partial charge in [0, 0.05) is 0 Å². The zero-order valence-electron chi connectivity index (χ0n) is 6.79. The first kappa shape index (κ1) is 7.76. The molecule has 0 bridgehead atoms. The normalized spacial score (nSPS) is 18.7. The summed E-state index contributed by atoms with van der Waals surface area (Å²) in [6.45, 7) is 6.60. The Labute approximate surface area is 63.5 Å². The highest BCUT2D eigenvalue weighted by Crippen LogP contribution is 2.12. The van der Waals surface area contributed by atoms with Crippen LogP contribution in [0.5, 0.6) is 0 Å². The van der Waals surface area contributed by atoms with Crippen LogP contribution in [0.3, 0.4) is 0 Å². The van der Waals surface area contributed by atoms with Gasteiger partial charge in [0.1, 0.15) is 0 Å². The molecule has 0 saturated heterocycles. The summed E-state index contributed by atoms with van der Waals surface area (Å²) >= 11 is 0. The Morgan fingerprint density at radius 2 is 1.60 bits per heavy atom. The molecule has 2 heteroatoms. The lowest BCUT2D eigenvalue weighted by Gasteiger charge is -2.20. The second-order valence-electron chi connectivity index (χ2n) is 3.46. The molecule has 1 aliphatic rings. The van der Waals surface area contributed by atoms with Gasteiger partial charge in [-0.1, -0.05) is 24.3 Å². The minimum absolute atomic E-state index is 0.256. The molecule has 0 N–H and O–H groups in total. The third-order valence-electron chi connectivity index (χ3n) is 1.20. The first-order valence-electron chi connectivity index (χ1n) is 3.61. The van der Waals surface area contributed by atoms with Crippen LogP contribution >= 0.6 is 0 Å². The summed E-state index contributed by atoms with van der Waals surface area (Å²) in [6, 6.07) is 0. The lowest BCUT2D eigenvalue weighted by molar-refractivity contribution is 0.292. The zero-order chi connectivity index (χ0) is 7.61. The third-order valence-corrected chi connectivity index (χ3v) is 2.18. The van der Waals surface area contributed by atoms with E-state index >= 15 is 0 Å². The van der Waals surface area contributed by atoms with Crippen LogP contribution in [-0.4, -0.2) is 14.4 Å². The molecule has 0 aromatic rings. The SMILES string of the molecule is C[Si](C)(C)OC1C=CC=C1. The molecule has 0 aliphatic heterocycles. The van der Waals surface area contributed by atoms with Gasteiger partial charge in [0.05, 0.1) is 6.10 Å². The van der Waals surface area contributed by atoms with E-state index in [1.165, 1.54) is 0 Å². The first-order valence-corrected chi connectivity index (χ1v) is 7.01. The van der Waals surface area contributed by atoms with Crippen molar-refractivity contribution in [1.82, 2.24) is 0 Å². The van der Waals surface area contributed by atoms with Crippen molar-refractivity contribution >= 4 is 8.32 Å². The molecule has 0 aromatic carbocycles. The molecule has 0 atom stereocenters. The van der Waals surface area contributed by atoms with E-state index in [-0.39, 0.29) is 6.10 Å². The summed E-state index contributed by atoms with van der Waals surface area (Å²) < 4.78 is 5.76. The van der Waals surface area contributed by atoms with E-state index in [1.807, 2.05) is 12.2 Å². The van der Waals surface area contributed by atoms with Crippen LogP contribution in [0, 0.1) is 0 Å². The Morgan fingerprint density at radius 1 is 1.10 bits per heavy atom. The molecule has 0 spiro atoms. The molecule has 1 nitrogen and oxygen atoms in total. The fourth-order valence-corrected chi connectivity index (χ4v) is 1.87. The van der Waals surface area contributed by atoms with Crippen molar-refractivity contribution in [2.24, 2.45) is 0 Å². The van der Waals surface area contributed by atoms with E-state index in [0.29, 0.717) is 0 Å². The van der Waals surface area contributed by atoms with E-state index in [9.17, 15) is 0 Å². The summed E-state index contributed by atoms with van der Waals surface area (Å²) in [5.41, 5.74) is 0. The van der Waals surface area contributed by atoms with Gasteiger partial charge in [-0.2, -0.15) is 0 Å². The molecule has 0 aromatic heterocycles. The summed E-state index contributed by atoms with van der Waals surface area (Å²) in [5.74, 6) is 0. The fraction of sp³-hybridized carbons (Fsp3) is 0.500. The number of rotatable bonds is 2. The van der Waals surface area contributed by atoms with Gasteiger partial charge in [-0.3, -0.25) is 0 Å². The Hall–Kier alpha value is -0.343. The molecule has 0 radical (unpaired) electrons. The summed E-state index contributed by atoms with van der Waals surface area (Å²) in [4.78, 5) is 0. The number of allylic oxidation sites excluding steroid dienone is 2. The summed E-state index contributed by atoms with van der Waals surface area (Å²) in [5, 5.41) is 0. The van der Waals surface area contributed by atoms with Crippen LogP contribution in [0.2, 0.25) is 19.6 Å². The van der Waals surface area contributed by atoms with Gasteiger partial charge >= 0.3 is 0 Å². The van der Waals surface area contributed by atoms with E-state index in [4.69, 9.17) is 4.43 Å². The van der Waals surface area contributed by atoms with E-state index in [2.05, 4.69) is 31.8 Å². The van der Waals surface area contributed by atoms with Crippen molar-refractivity contribution in [3.05, 3.63) is 24.3 Å². The first-order chi connectivity index (χ1) is 4.58. The van der Waals surface area contributed by atoms with Gasteiger partial charge in [0.2, 0.25) is 0 Å². The van der Waals surface area contributed by atoms with Gasteiger partial charge < -0.3 is 4.43 Å². The Bertz CT molecular complexity index is 153. The van der Waals surface area contributed by atoms with Gasteiger partial charge in [0.25, 0.3) is 0 Å². The van der Waals surface area contributed by atoms with Crippen LogP contribution < -0.4 is 0 Å². The van der Waals surface area contributed by atoms with Gasteiger partial charge in [-0.05, 0) is 19.6 Å². The standard InChI is InChI=1S/C8H14OSi/c1-10(2,3)9-8-6-4-5-7-8/h4-8H,1-3H3. The quantitative estimate of drug-likeness (QED) is 0.555. The van der Waals surface area contributed by atoms with E-state index < -0.39 is 8.32 Å². The molecule has 1 rings (SSSR count). The maximum atomic E-state index is 5.76. The highest BCUT2D eigenvalue weighted by Gasteiger charge is 2.18. The average Bonchev–Trinajstić information content (AvgIpc) is 2.12. The lowest BCUT2D eigenvalue weighted by atomic mass is 10.4. The maximum absolute atomic E-state index is 5.76. The molecule has 0 unspecified atom stereocenters. The molecular weight excluding hydrogens is 140 g/mol.